The summed E-state index contributed by atoms with van der Waals surface area (Å²) in [5.74, 6) is 0.00334. The molecule has 1 atom stereocenters. The molecule has 1 unspecified atom stereocenters. The number of benzene rings is 3. The van der Waals surface area contributed by atoms with Gasteiger partial charge in [0, 0.05) is 54.4 Å². The van der Waals surface area contributed by atoms with E-state index in [1.807, 2.05) is 66.4 Å². The van der Waals surface area contributed by atoms with E-state index >= 15 is 0 Å². The molecule has 2 heterocycles. The van der Waals surface area contributed by atoms with Gasteiger partial charge >= 0.3 is 0 Å². The third-order valence-corrected chi connectivity index (χ3v) is 6.98. The molecule has 1 fully saturated rings. The van der Waals surface area contributed by atoms with Crippen LogP contribution in [-0.2, 0) is 4.79 Å². The smallest absolute Gasteiger partial charge is 0.254 e. The second kappa shape index (κ2) is 10.4. The highest BCUT2D eigenvalue weighted by molar-refractivity contribution is 6.07. The molecule has 0 spiro atoms. The topological polar surface area (TPSA) is 65.5 Å². The molecule has 1 aromatic heterocycles. The first-order valence-electron chi connectivity index (χ1n) is 12.9. The molecule has 37 heavy (non-hydrogen) atoms. The number of nitrogens with one attached hydrogen (secondary N) is 1. The highest BCUT2D eigenvalue weighted by atomic mass is 16.2. The third-order valence-electron chi connectivity index (χ3n) is 6.98. The minimum absolute atomic E-state index is 0.0267. The van der Waals surface area contributed by atoms with Gasteiger partial charge in [-0.05, 0) is 55.8 Å². The van der Waals surface area contributed by atoms with Crippen LogP contribution in [0.4, 0.5) is 11.4 Å². The zero-order chi connectivity index (χ0) is 25.9. The summed E-state index contributed by atoms with van der Waals surface area (Å²) in [6.45, 7) is 8.21. The van der Waals surface area contributed by atoms with E-state index in [0.29, 0.717) is 25.1 Å². The minimum atomic E-state index is -0.0267. The van der Waals surface area contributed by atoms with Gasteiger partial charge < -0.3 is 15.1 Å². The number of carbonyl (C=O) groups is 2. The molecular formula is C31H32N4O2. The lowest BCUT2D eigenvalue weighted by molar-refractivity contribution is -0.115. The number of hydrogen-bond acceptors (Lipinski definition) is 4. The molecule has 0 saturated carbocycles. The molecule has 0 radical (unpaired) electrons. The van der Waals surface area contributed by atoms with Crippen molar-refractivity contribution in [1.29, 1.82) is 0 Å². The van der Waals surface area contributed by atoms with Crippen LogP contribution in [0.1, 0.15) is 36.2 Å². The molecule has 188 valence electrons. The number of pyridine rings is 1. The molecule has 1 aliphatic rings. The van der Waals surface area contributed by atoms with E-state index in [0.717, 1.165) is 34.4 Å². The van der Waals surface area contributed by atoms with Crippen molar-refractivity contribution in [3.63, 3.8) is 0 Å². The van der Waals surface area contributed by atoms with Gasteiger partial charge in [0.15, 0.2) is 0 Å². The van der Waals surface area contributed by atoms with Gasteiger partial charge in [-0.2, -0.15) is 0 Å². The normalized spacial score (nSPS) is 15.6. The molecule has 1 saturated heterocycles. The van der Waals surface area contributed by atoms with Gasteiger partial charge in [0.05, 0.1) is 16.8 Å². The number of para-hydroxylation sites is 1. The summed E-state index contributed by atoms with van der Waals surface area (Å²) in [7, 11) is 0. The summed E-state index contributed by atoms with van der Waals surface area (Å²) in [5.41, 5.74) is 6.27. The summed E-state index contributed by atoms with van der Waals surface area (Å²) in [5, 5.41) is 3.73. The van der Waals surface area contributed by atoms with Crippen molar-refractivity contribution in [2.75, 3.05) is 29.9 Å². The number of rotatable bonds is 5. The number of hydrogen-bond donors (Lipinski definition) is 1. The summed E-state index contributed by atoms with van der Waals surface area (Å²) in [6.07, 6.45) is 0.428. The van der Waals surface area contributed by atoms with Crippen LogP contribution in [-0.4, -0.2) is 47.4 Å². The Morgan fingerprint density at radius 2 is 1.76 bits per heavy atom. The Morgan fingerprint density at radius 3 is 2.49 bits per heavy atom. The van der Waals surface area contributed by atoms with E-state index in [4.69, 9.17) is 4.98 Å². The highest BCUT2D eigenvalue weighted by Crippen LogP contribution is 2.28. The fraction of sp³-hybridized carbons (Fsp3) is 0.258. The number of aromatic nitrogens is 1. The molecule has 4 aromatic rings. The van der Waals surface area contributed by atoms with Gasteiger partial charge in [0.25, 0.3) is 5.91 Å². The number of fused-ring (bicyclic) bond motifs is 1. The Kier molecular flexibility index (Phi) is 6.91. The lowest BCUT2D eigenvalue weighted by atomic mass is 10.0. The lowest BCUT2D eigenvalue weighted by Gasteiger charge is -2.41. The van der Waals surface area contributed by atoms with Crippen molar-refractivity contribution >= 4 is 34.1 Å². The first-order valence-corrected chi connectivity index (χ1v) is 12.9. The Bertz CT molecular complexity index is 1450. The zero-order valence-corrected chi connectivity index (χ0v) is 21.6. The standard InChI is InChI=1S/C31H32N4O2/c1-4-30(36)32-24-14-12-23(13-15-24)29-19-27(26-10-5-6-11-28(26)33-29)31(37)34-16-17-35(22(3)20-34)25-9-7-8-21(2)18-25/h5-15,18-19,22H,4,16-17,20H2,1-3H3,(H,32,36). The Balaban J connectivity index is 1.42. The van der Waals surface area contributed by atoms with Crippen LogP contribution in [0.15, 0.2) is 78.9 Å². The fourth-order valence-electron chi connectivity index (χ4n) is 4.98. The maximum absolute atomic E-state index is 13.9. The van der Waals surface area contributed by atoms with Crippen molar-refractivity contribution in [2.24, 2.45) is 0 Å². The summed E-state index contributed by atoms with van der Waals surface area (Å²) in [4.78, 5) is 34.8. The molecule has 5 rings (SSSR count). The van der Waals surface area contributed by atoms with E-state index in [1.54, 1.807) is 0 Å². The van der Waals surface area contributed by atoms with Crippen molar-refractivity contribution < 1.29 is 9.59 Å². The van der Waals surface area contributed by atoms with E-state index in [1.165, 1.54) is 11.3 Å². The quantitative estimate of drug-likeness (QED) is 0.376. The molecular weight excluding hydrogens is 460 g/mol. The fourth-order valence-corrected chi connectivity index (χ4v) is 4.98. The van der Waals surface area contributed by atoms with Gasteiger partial charge in [-0.3, -0.25) is 9.59 Å². The predicted octanol–water partition coefficient (Wildman–Crippen LogP) is 5.91. The SMILES string of the molecule is CCC(=O)Nc1ccc(-c2cc(C(=O)N3CCN(c4cccc(C)c4)C(C)C3)c3ccccc3n2)cc1. The van der Waals surface area contributed by atoms with Crippen molar-refractivity contribution in [1.82, 2.24) is 9.88 Å². The Morgan fingerprint density at radius 1 is 0.973 bits per heavy atom. The third kappa shape index (κ3) is 5.19. The molecule has 6 heteroatoms. The Hall–Kier alpha value is -4.19. The average Bonchev–Trinajstić information content (AvgIpc) is 2.92. The largest absolute Gasteiger partial charge is 0.365 e. The molecule has 0 bridgehead atoms. The second-order valence-corrected chi connectivity index (χ2v) is 9.68. The minimum Gasteiger partial charge on any atom is -0.365 e. The van der Waals surface area contributed by atoms with E-state index in [2.05, 4.69) is 48.3 Å². The average molecular weight is 493 g/mol. The molecule has 2 amide bonds. The number of nitrogens with zero attached hydrogens (tertiary/aromatic N) is 3. The van der Waals surface area contributed by atoms with Gasteiger partial charge in [-0.25, -0.2) is 4.98 Å². The van der Waals surface area contributed by atoms with E-state index in [9.17, 15) is 9.59 Å². The number of amides is 2. The Labute approximate surface area is 217 Å². The molecule has 0 aliphatic carbocycles. The monoisotopic (exact) mass is 492 g/mol. The van der Waals surface area contributed by atoms with E-state index in [-0.39, 0.29) is 17.9 Å². The van der Waals surface area contributed by atoms with Crippen LogP contribution >= 0.6 is 0 Å². The second-order valence-electron chi connectivity index (χ2n) is 9.68. The van der Waals surface area contributed by atoms with Crippen LogP contribution in [0.25, 0.3) is 22.2 Å². The van der Waals surface area contributed by atoms with Crippen molar-refractivity contribution in [3.05, 3.63) is 90.0 Å². The van der Waals surface area contributed by atoms with Gasteiger partial charge in [0.2, 0.25) is 5.91 Å². The zero-order valence-electron chi connectivity index (χ0n) is 21.6. The van der Waals surface area contributed by atoms with Crippen molar-refractivity contribution in [3.8, 4) is 11.3 Å². The molecule has 6 nitrogen and oxygen atoms in total. The number of aryl methyl sites for hydroxylation is 1. The van der Waals surface area contributed by atoms with Crippen LogP contribution in [0, 0.1) is 6.92 Å². The maximum Gasteiger partial charge on any atom is 0.254 e. The van der Waals surface area contributed by atoms with E-state index < -0.39 is 0 Å². The number of anilines is 2. The van der Waals surface area contributed by atoms with Gasteiger partial charge in [-0.15, -0.1) is 0 Å². The summed E-state index contributed by atoms with van der Waals surface area (Å²) in [6, 6.07) is 26.1. The summed E-state index contributed by atoms with van der Waals surface area (Å²) < 4.78 is 0. The number of carbonyl (C=O) groups excluding carboxylic acids is 2. The molecule has 3 aromatic carbocycles. The van der Waals surface area contributed by atoms with Gasteiger partial charge in [0.1, 0.15) is 0 Å². The summed E-state index contributed by atoms with van der Waals surface area (Å²) >= 11 is 0. The number of piperazine rings is 1. The van der Waals surface area contributed by atoms with Crippen LogP contribution in [0.3, 0.4) is 0 Å². The predicted molar refractivity (Wildman–Crippen MR) is 150 cm³/mol. The first kappa shape index (κ1) is 24.5. The first-order chi connectivity index (χ1) is 17.9. The van der Waals surface area contributed by atoms with Crippen LogP contribution in [0.2, 0.25) is 0 Å². The highest BCUT2D eigenvalue weighted by Gasteiger charge is 2.28. The molecule has 1 aliphatic heterocycles. The van der Waals surface area contributed by atoms with Gasteiger partial charge in [-0.1, -0.05) is 49.4 Å². The van der Waals surface area contributed by atoms with Crippen LogP contribution in [0.5, 0.6) is 0 Å². The van der Waals surface area contributed by atoms with Crippen molar-refractivity contribution in [2.45, 2.75) is 33.2 Å². The molecule has 1 N–H and O–H groups in total. The van der Waals surface area contributed by atoms with Crippen LogP contribution < -0.4 is 10.2 Å². The maximum atomic E-state index is 13.9. The lowest BCUT2D eigenvalue weighted by Crippen LogP contribution is -2.53.